The number of rotatable bonds is 10. The van der Waals surface area contributed by atoms with E-state index in [0.717, 1.165) is 17.1 Å². The fourth-order valence-electron chi connectivity index (χ4n) is 2.83. The zero-order valence-electron chi connectivity index (χ0n) is 21.1. The predicted octanol–water partition coefficient (Wildman–Crippen LogP) is 5.83. The molecule has 0 aliphatic rings. The standard InChI is InChI=1S/C21H43NO4Si4/c1-27(2,3)22-18(21(23)26-30(10,11)12)15-17-13-14-19(24-28(4,5)6)20(16-17)25-29(7,8)9/h13-14,16,18,22H,15H2,1-12H3/t18-/m0/s1. The lowest BCUT2D eigenvalue weighted by Gasteiger charge is -2.29. The molecule has 0 unspecified atom stereocenters. The van der Waals surface area contributed by atoms with E-state index in [-0.39, 0.29) is 12.0 Å². The molecule has 0 radical (unpaired) electrons. The van der Waals surface area contributed by atoms with E-state index in [9.17, 15) is 4.79 Å². The summed E-state index contributed by atoms with van der Waals surface area (Å²) < 4.78 is 18.5. The number of hydrogen-bond acceptors (Lipinski definition) is 5. The van der Waals surface area contributed by atoms with Gasteiger partial charge in [0.2, 0.25) is 25.0 Å². The smallest absolute Gasteiger partial charge is 0.309 e. The van der Waals surface area contributed by atoms with Crippen LogP contribution in [0.1, 0.15) is 5.56 Å². The van der Waals surface area contributed by atoms with Crippen LogP contribution in [0.3, 0.4) is 0 Å². The van der Waals surface area contributed by atoms with Gasteiger partial charge >= 0.3 is 5.97 Å². The second kappa shape index (κ2) is 9.72. The summed E-state index contributed by atoms with van der Waals surface area (Å²) in [6.07, 6.45) is 0.572. The normalized spacial score (nSPS) is 14.3. The summed E-state index contributed by atoms with van der Waals surface area (Å²) in [5.41, 5.74) is 1.05. The van der Waals surface area contributed by atoms with Crippen molar-refractivity contribution in [1.29, 1.82) is 0 Å². The van der Waals surface area contributed by atoms with Crippen molar-refractivity contribution in [1.82, 2.24) is 4.98 Å². The van der Waals surface area contributed by atoms with Gasteiger partial charge in [0.1, 0.15) is 25.8 Å². The molecular weight excluding hydrogens is 443 g/mol. The Morgan fingerprint density at radius 2 is 1.30 bits per heavy atom. The van der Waals surface area contributed by atoms with Gasteiger partial charge in [0.05, 0.1) is 0 Å². The number of hydrogen-bond donors (Lipinski definition) is 1. The number of nitrogens with one attached hydrogen (secondary N) is 1. The molecule has 0 fully saturated rings. The molecule has 0 bridgehead atoms. The highest BCUT2D eigenvalue weighted by molar-refractivity contribution is 6.74. The van der Waals surface area contributed by atoms with Gasteiger partial charge in [-0.3, -0.25) is 4.79 Å². The van der Waals surface area contributed by atoms with Gasteiger partial charge in [0, 0.05) is 0 Å². The predicted molar refractivity (Wildman–Crippen MR) is 138 cm³/mol. The minimum absolute atomic E-state index is 0.147. The second-order valence-corrected chi connectivity index (χ2v) is 30.0. The first-order valence-corrected chi connectivity index (χ1v) is 24.5. The minimum Gasteiger partial charge on any atom is -0.542 e. The fourth-order valence-corrected chi connectivity index (χ4v) is 6.49. The van der Waals surface area contributed by atoms with E-state index < -0.39 is 33.2 Å². The Kier molecular flexibility index (Phi) is 8.80. The van der Waals surface area contributed by atoms with Crippen LogP contribution >= 0.6 is 0 Å². The van der Waals surface area contributed by atoms with E-state index >= 15 is 0 Å². The summed E-state index contributed by atoms with van der Waals surface area (Å²) in [5.74, 6) is 1.45. The van der Waals surface area contributed by atoms with Crippen LogP contribution in [0, 0.1) is 0 Å². The third kappa shape index (κ3) is 11.5. The van der Waals surface area contributed by atoms with Crippen LogP contribution in [-0.2, 0) is 15.6 Å². The molecule has 1 atom stereocenters. The molecule has 0 saturated carbocycles. The molecule has 9 heteroatoms. The lowest BCUT2D eigenvalue weighted by atomic mass is 10.1. The van der Waals surface area contributed by atoms with Crippen molar-refractivity contribution in [3.8, 4) is 11.5 Å². The maximum absolute atomic E-state index is 12.9. The fraction of sp³-hybridized carbons (Fsp3) is 0.667. The molecule has 1 aromatic carbocycles. The average Bonchev–Trinajstić information content (AvgIpc) is 2.43. The SMILES string of the molecule is C[Si](C)(C)N[C@@H](Cc1ccc(O[Si](C)(C)C)c(O[Si](C)(C)C)c1)C(=O)O[Si](C)(C)C. The van der Waals surface area contributed by atoms with Crippen molar-refractivity contribution in [3.63, 3.8) is 0 Å². The monoisotopic (exact) mass is 485 g/mol. The highest BCUT2D eigenvalue weighted by atomic mass is 28.4. The van der Waals surface area contributed by atoms with Gasteiger partial charge in [-0.1, -0.05) is 25.7 Å². The molecule has 1 aromatic rings. The van der Waals surface area contributed by atoms with Gasteiger partial charge in [-0.2, -0.15) is 0 Å². The quantitative estimate of drug-likeness (QED) is 0.423. The molecule has 172 valence electrons. The van der Waals surface area contributed by atoms with Crippen molar-refractivity contribution in [2.75, 3.05) is 0 Å². The highest BCUT2D eigenvalue weighted by Gasteiger charge is 2.31. The van der Waals surface area contributed by atoms with Crippen LogP contribution in [0.4, 0.5) is 0 Å². The Labute approximate surface area is 188 Å². The number of carbonyl (C=O) groups is 1. The topological polar surface area (TPSA) is 56.8 Å². The van der Waals surface area contributed by atoms with E-state index in [4.69, 9.17) is 13.3 Å². The van der Waals surface area contributed by atoms with Crippen LogP contribution in [0.5, 0.6) is 11.5 Å². The Morgan fingerprint density at radius 1 is 0.800 bits per heavy atom. The summed E-state index contributed by atoms with van der Waals surface area (Å²) in [5, 5.41) is 0. The van der Waals surface area contributed by atoms with Gasteiger partial charge in [0.25, 0.3) is 0 Å². The molecule has 1 rings (SSSR count). The van der Waals surface area contributed by atoms with Crippen LogP contribution in [0.15, 0.2) is 18.2 Å². The zero-order valence-corrected chi connectivity index (χ0v) is 25.1. The summed E-state index contributed by atoms with van der Waals surface area (Å²) in [6, 6.07) is 5.74. The summed E-state index contributed by atoms with van der Waals surface area (Å²) in [4.78, 5) is 16.5. The molecule has 1 N–H and O–H groups in total. The van der Waals surface area contributed by atoms with Gasteiger partial charge in [-0.25, -0.2) is 0 Å². The molecule has 0 aliphatic heterocycles. The molecule has 0 heterocycles. The lowest BCUT2D eigenvalue weighted by molar-refractivity contribution is -0.137. The summed E-state index contributed by atoms with van der Waals surface area (Å²) >= 11 is 0. The first-order valence-electron chi connectivity index (χ1n) is 10.8. The molecule has 0 amide bonds. The molecule has 30 heavy (non-hydrogen) atoms. The third-order valence-electron chi connectivity index (χ3n) is 3.58. The van der Waals surface area contributed by atoms with Crippen molar-refractivity contribution >= 4 is 39.2 Å². The van der Waals surface area contributed by atoms with E-state index in [1.807, 2.05) is 31.8 Å². The first-order chi connectivity index (χ1) is 13.2. The molecule has 0 aromatic heterocycles. The maximum atomic E-state index is 12.9. The van der Waals surface area contributed by atoms with Crippen LogP contribution in [0.25, 0.3) is 0 Å². The number of benzene rings is 1. The lowest BCUT2D eigenvalue weighted by Crippen LogP contribution is -2.54. The Bertz CT molecular complexity index is 728. The molecule has 0 saturated heterocycles. The zero-order chi connectivity index (χ0) is 23.5. The van der Waals surface area contributed by atoms with Crippen molar-refractivity contribution in [3.05, 3.63) is 23.8 Å². The summed E-state index contributed by atoms with van der Waals surface area (Å²) in [7, 11) is -7.24. The molecule has 5 nitrogen and oxygen atoms in total. The van der Waals surface area contributed by atoms with Gasteiger partial charge < -0.3 is 18.3 Å². The Balaban J connectivity index is 3.24. The second-order valence-electron chi connectivity index (χ2n) is 11.9. The highest BCUT2D eigenvalue weighted by Crippen LogP contribution is 2.33. The number of carbonyl (C=O) groups excluding carboxylic acids is 1. The first kappa shape index (κ1) is 27.2. The molecule has 0 aliphatic carbocycles. The van der Waals surface area contributed by atoms with Gasteiger partial charge in [-0.05, 0) is 83.0 Å². The third-order valence-corrected chi connectivity index (χ3v) is 7.27. The van der Waals surface area contributed by atoms with Crippen molar-refractivity contribution in [2.24, 2.45) is 0 Å². The van der Waals surface area contributed by atoms with Gasteiger partial charge in [0.15, 0.2) is 0 Å². The minimum atomic E-state index is -1.96. The Morgan fingerprint density at radius 3 is 1.73 bits per heavy atom. The van der Waals surface area contributed by atoms with Gasteiger partial charge in [-0.15, -0.1) is 0 Å². The van der Waals surface area contributed by atoms with E-state index in [2.05, 4.69) is 70.0 Å². The van der Waals surface area contributed by atoms with Crippen molar-refractivity contribution < 1.29 is 18.1 Å². The Hall–Kier alpha value is -0.882. The maximum Gasteiger partial charge on any atom is 0.309 e. The molecular formula is C21H43NO4Si4. The van der Waals surface area contributed by atoms with E-state index in [1.165, 1.54) is 0 Å². The van der Waals surface area contributed by atoms with E-state index in [1.54, 1.807) is 0 Å². The van der Waals surface area contributed by atoms with Crippen LogP contribution in [0.2, 0.25) is 78.6 Å². The molecule has 0 spiro atoms. The van der Waals surface area contributed by atoms with E-state index in [0.29, 0.717) is 6.42 Å². The average molecular weight is 486 g/mol. The van der Waals surface area contributed by atoms with Crippen LogP contribution < -0.4 is 13.8 Å². The summed E-state index contributed by atoms with van der Waals surface area (Å²) in [6.45, 7) is 25.7. The van der Waals surface area contributed by atoms with Crippen molar-refractivity contribution in [2.45, 2.75) is 91.0 Å². The van der Waals surface area contributed by atoms with Crippen LogP contribution in [-0.4, -0.2) is 45.2 Å². The largest absolute Gasteiger partial charge is 0.542 e.